The van der Waals surface area contributed by atoms with Gasteiger partial charge in [0.2, 0.25) is 5.82 Å². The number of hydrogen-bond donors (Lipinski definition) is 1. The number of rotatable bonds is 1. The van der Waals surface area contributed by atoms with Gasteiger partial charge in [0.05, 0.1) is 5.69 Å². The third-order valence-corrected chi connectivity index (χ3v) is 2.89. The highest BCUT2D eigenvalue weighted by atomic mass is 35.5. The summed E-state index contributed by atoms with van der Waals surface area (Å²) in [7, 11) is 0. The molecular weight excluding hydrogens is 242 g/mol. The summed E-state index contributed by atoms with van der Waals surface area (Å²) in [5.41, 5.74) is 2.69. The van der Waals surface area contributed by atoms with Gasteiger partial charge in [0, 0.05) is 5.56 Å². The van der Waals surface area contributed by atoms with Crippen molar-refractivity contribution >= 4 is 24.4 Å². The molecule has 0 fully saturated rings. The minimum absolute atomic E-state index is 0.184. The maximum absolute atomic E-state index is 8.81. The van der Waals surface area contributed by atoms with Crippen LogP contribution in [0.3, 0.4) is 0 Å². The maximum atomic E-state index is 8.81. The van der Waals surface area contributed by atoms with Crippen LogP contribution in [-0.4, -0.2) is 8.96 Å². The number of thiol groups is 1. The van der Waals surface area contributed by atoms with Crippen LogP contribution in [-0.2, 0) is 0 Å². The van der Waals surface area contributed by atoms with E-state index in [-0.39, 0.29) is 11.0 Å². The molecule has 0 saturated carbocycles. The second-order valence-electron chi connectivity index (χ2n) is 3.36. The average Bonchev–Trinajstić information content (AvgIpc) is 2.56. The summed E-state index contributed by atoms with van der Waals surface area (Å²) in [5, 5.41) is 9.09. The highest BCUT2D eigenvalue weighted by molar-refractivity contribution is 7.78. The van der Waals surface area contributed by atoms with Gasteiger partial charge < -0.3 is 0 Å². The molecule has 1 heterocycles. The van der Waals surface area contributed by atoms with E-state index < -0.39 is 0 Å². The van der Waals surface area contributed by atoms with E-state index in [1.54, 1.807) is 0 Å². The molecule has 0 radical (unpaired) electrons. The number of nitriles is 1. The highest BCUT2D eigenvalue weighted by Crippen LogP contribution is 2.29. The van der Waals surface area contributed by atoms with E-state index in [0.717, 1.165) is 11.1 Å². The van der Waals surface area contributed by atoms with Crippen LogP contribution in [0.2, 0.25) is 5.15 Å². The summed E-state index contributed by atoms with van der Waals surface area (Å²) in [4.78, 5) is 3.92. The van der Waals surface area contributed by atoms with Crippen LogP contribution in [0.4, 0.5) is 0 Å². The summed E-state index contributed by atoms with van der Waals surface area (Å²) in [5.74, 6) is 0.184. The SMILES string of the molecule is Cc1ccc(-c2c(Cl)nc(C#N)n2S)cc1. The Bertz CT molecular complexity index is 566. The Hall–Kier alpha value is -1.44. The third kappa shape index (κ3) is 1.80. The molecule has 0 aliphatic carbocycles. The van der Waals surface area contributed by atoms with Crippen molar-refractivity contribution in [2.75, 3.05) is 0 Å². The lowest BCUT2D eigenvalue weighted by Gasteiger charge is -2.02. The lowest BCUT2D eigenvalue weighted by Crippen LogP contribution is -1.89. The quantitative estimate of drug-likeness (QED) is 0.790. The topological polar surface area (TPSA) is 41.6 Å². The van der Waals surface area contributed by atoms with Gasteiger partial charge in [-0.1, -0.05) is 54.2 Å². The van der Waals surface area contributed by atoms with Gasteiger partial charge >= 0.3 is 0 Å². The summed E-state index contributed by atoms with van der Waals surface area (Å²) in [6.07, 6.45) is 0. The normalized spacial score (nSPS) is 10.1. The van der Waals surface area contributed by atoms with Crippen LogP contribution in [0.25, 0.3) is 11.3 Å². The number of hydrogen-bond acceptors (Lipinski definition) is 3. The molecule has 0 N–H and O–H groups in total. The van der Waals surface area contributed by atoms with Gasteiger partial charge in [0.1, 0.15) is 6.07 Å². The van der Waals surface area contributed by atoms with Gasteiger partial charge in [0.15, 0.2) is 5.15 Å². The van der Waals surface area contributed by atoms with Crippen molar-refractivity contribution in [3.05, 3.63) is 40.8 Å². The number of imidazole rings is 1. The van der Waals surface area contributed by atoms with Crippen LogP contribution in [0, 0.1) is 18.3 Å². The lowest BCUT2D eigenvalue weighted by atomic mass is 10.1. The van der Waals surface area contributed by atoms with Gasteiger partial charge in [-0.3, -0.25) is 3.97 Å². The fraction of sp³-hybridized carbons (Fsp3) is 0.0909. The summed E-state index contributed by atoms with van der Waals surface area (Å²) in [6.45, 7) is 2.00. The Morgan fingerprint density at radius 3 is 2.50 bits per heavy atom. The molecule has 3 nitrogen and oxygen atoms in total. The standard InChI is InChI=1S/C11H8ClN3S/c1-7-2-4-8(5-3-7)10-11(12)14-9(6-13)15(10)16/h2-5,16H,1H3. The second kappa shape index (κ2) is 4.20. The Balaban J connectivity index is 2.61. The highest BCUT2D eigenvalue weighted by Gasteiger charge is 2.14. The minimum atomic E-state index is 0.184. The van der Waals surface area contributed by atoms with Gasteiger partial charge in [-0.2, -0.15) is 5.26 Å². The van der Waals surface area contributed by atoms with E-state index in [1.807, 2.05) is 37.3 Å². The Morgan fingerprint density at radius 1 is 1.38 bits per heavy atom. The number of aromatic nitrogens is 2. The third-order valence-electron chi connectivity index (χ3n) is 2.24. The van der Waals surface area contributed by atoms with Crippen LogP contribution in [0.1, 0.15) is 11.4 Å². The van der Waals surface area contributed by atoms with Gasteiger partial charge in [0.25, 0.3) is 0 Å². The molecule has 0 amide bonds. The van der Waals surface area contributed by atoms with Crippen LogP contribution in [0.5, 0.6) is 0 Å². The largest absolute Gasteiger partial charge is 0.258 e. The molecule has 0 bridgehead atoms. The van der Waals surface area contributed by atoms with Gasteiger partial charge in [-0.05, 0) is 6.92 Å². The van der Waals surface area contributed by atoms with Crippen molar-refractivity contribution in [2.24, 2.45) is 0 Å². The molecule has 16 heavy (non-hydrogen) atoms. The Morgan fingerprint density at radius 2 is 2.00 bits per heavy atom. The molecule has 0 aliphatic heterocycles. The average molecular weight is 250 g/mol. The van der Waals surface area contributed by atoms with E-state index >= 15 is 0 Å². The van der Waals surface area contributed by atoms with E-state index in [0.29, 0.717) is 5.69 Å². The van der Waals surface area contributed by atoms with Crippen LogP contribution < -0.4 is 0 Å². The van der Waals surface area contributed by atoms with Crippen LogP contribution >= 0.6 is 24.4 Å². The zero-order valence-electron chi connectivity index (χ0n) is 8.48. The molecular formula is C11H8ClN3S. The summed E-state index contributed by atoms with van der Waals surface area (Å²) >= 11 is 10.2. The second-order valence-corrected chi connectivity index (χ2v) is 4.12. The molecule has 80 valence electrons. The van der Waals surface area contributed by atoms with Crippen molar-refractivity contribution in [2.45, 2.75) is 6.92 Å². The molecule has 0 atom stereocenters. The first-order valence-electron chi connectivity index (χ1n) is 4.58. The van der Waals surface area contributed by atoms with E-state index in [1.165, 1.54) is 3.97 Å². The molecule has 2 aromatic rings. The number of nitrogens with zero attached hydrogens (tertiary/aromatic N) is 3. The van der Waals surface area contributed by atoms with E-state index in [4.69, 9.17) is 16.9 Å². The molecule has 0 spiro atoms. The van der Waals surface area contributed by atoms with Crippen molar-refractivity contribution < 1.29 is 0 Å². The smallest absolute Gasteiger partial charge is 0.224 e. The van der Waals surface area contributed by atoms with E-state index in [9.17, 15) is 0 Å². The number of halogens is 1. The van der Waals surface area contributed by atoms with E-state index in [2.05, 4.69) is 17.8 Å². The molecule has 0 aliphatic rings. The Kier molecular flexibility index (Phi) is 2.90. The maximum Gasteiger partial charge on any atom is 0.224 e. The molecule has 5 heteroatoms. The van der Waals surface area contributed by atoms with Crippen LogP contribution in [0.15, 0.2) is 24.3 Å². The monoisotopic (exact) mass is 249 g/mol. The predicted octanol–water partition coefficient (Wildman–Crippen LogP) is 3.08. The van der Waals surface area contributed by atoms with Crippen molar-refractivity contribution in [3.63, 3.8) is 0 Å². The first-order chi connectivity index (χ1) is 7.63. The number of benzene rings is 1. The molecule has 1 aromatic carbocycles. The molecule has 0 saturated heterocycles. The lowest BCUT2D eigenvalue weighted by molar-refractivity contribution is 1.17. The zero-order chi connectivity index (χ0) is 11.7. The van der Waals surface area contributed by atoms with Crippen molar-refractivity contribution in [1.29, 1.82) is 5.26 Å². The molecule has 1 aromatic heterocycles. The first kappa shape index (κ1) is 11.1. The summed E-state index contributed by atoms with van der Waals surface area (Å²) in [6, 6.07) is 9.72. The Labute approximate surface area is 104 Å². The fourth-order valence-corrected chi connectivity index (χ4v) is 2.04. The van der Waals surface area contributed by atoms with Crippen molar-refractivity contribution in [1.82, 2.24) is 8.96 Å². The number of aryl methyl sites for hydroxylation is 1. The predicted molar refractivity (Wildman–Crippen MR) is 66.5 cm³/mol. The summed E-state index contributed by atoms with van der Waals surface area (Å²) < 4.78 is 1.40. The van der Waals surface area contributed by atoms with Gasteiger partial charge in [-0.15, -0.1) is 0 Å². The minimum Gasteiger partial charge on any atom is -0.258 e. The molecule has 0 unspecified atom stereocenters. The van der Waals surface area contributed by atoms with Gasteiger partial charge in [-0.25, -0.2) is 4.98 Å². The first-order valence-corrected chi connectivity index (χ1v) is 5.36. The molecule has 2 rings (SSSR count). The zero-order valence-corrected chi connectivity index (χ0v) is 10.1. The fourth-order valence-electron chi connectivity index (χ4n) is 1.41. The van der Waals surface area contributed by atoms with Crippen molar-refractivity contribution in [3.8, 4) is 17.3 Å².